The van der Waals surface area contributed by atoms with E-state index < -0.39 is 5.97 Å². The minimum absolute atomic E-state index is 0.171. The Morgan fingerprint density at radius 2 is 1.48 bits per heavy atom. The van der Waals surface area contributed by atoms with Crippen molar-refractivity contribution in [3.05, 3.63) is 29.8 Å². The van der Waals surface area contributed by atoms with Crippen LogP contribution in [0.3, 0.4) is 0 Å². The van der Waals surface area contributed by atoms with Crippen molar-refractivity contribution < 1.29 is 15.0 Å². The molecular weight excluding hydrogens is 266 g/mol. The molecule has 0 spiro atoms. The van der Waals surface area contributed by atoms with Gasteiger partial charge in [0, 0.05) is 18.0 Å². The van der Waals surface area contributed by atoms with Crippen LogP contribution in [-0.2, 0) is 4.79 Å². The summed E-state index contributed by atoms with van der Waals surface area (Å²) in [6.45, 7) is 10.1. The van der Waals surface area contributed by atoms with Crippen molar-refractivity contribution >= 4 is 5.97 Å². The first-order valence-electron chi connectivity index (χ1n) is 7.28. The maximum atomic E-state index is 9.35. The molecule has 21 heavy (non-hydrogen) atoms. The summed E-state index contributed by atoms with van der Waals surface area (Å²) in [5, 5.41) is 20.5. The van der Waals surface area contributed by atoms with Gasteiger partial charge in [-0.2, -0.15) is 0 Å². The molecule has 4 nitrogen and oxygen atoms in total. The quantitative estimate of drug-likeness (QED) is 0.741. The summed E-state index contributed by atoms with van der Waals surface area (Å²) in [6.07, 6.45) is 2.28. The van der Waals surface area contributed by atoms with Crippen LogP contribution in [0.25, 0.3) is 0 Å². The second-order valence-corrected chi connectivity index (χ2v) is 7.11. The van der Waals surface area contributed by atoms with Gasteiger partial charge in [-0.05, 0) is 64.2 Å². The molecule has 4 heteroatoms. The molecule has 1 fully saturated rings. The number of phenolic OH excluding ortho intramolecular Hbond substituents is 1. The number of piperidine rings is 1. The molecule has 1 aliphatic heterocycles. The summed E-state index contributed by atoms with van der Waals surface area (Å²) in [5.74, 6) is 0.0862. The SMILES string of the molecule is CC(=O)O.CC1(C)CC(c2ccc(O)cc2)CC(C)(C)N1. The van der Waals surface area contributed by atoms with Gasteiger partial charge in [0.25, 0.3) is 5.97 Å². The van der Waals surface area contributed by atoms with E-state index in [-0.39, 0.29) is 11.1 Å². The van der Waals surface area contributed by atoms with Crippen LogP contribution in [0.5, 0.6) is 5.75 Å². The molecule has 1 aromatic carbocycles. The number of carboxylic acids is 1. The average Bonchev–Trinajstić information content (AvgIpc) is 2.24. The van der Waals surface area contributed by atoms with Crippen LogP contribution < -0.4 is 5.32 Å². The first kappa shape index (κ1) is 17.5. The zero-order chi connectivity index (χ0) is 16.3. The third-order valence-electron chi connectivity index (χ3n) is 3.55. The Labute approximate surface area is 127 Å². The summed E-state index contributed by atoms with van der Waals surface area (Å²) in [6, 6.07) is 7.68. The van der Waals surface area contributed by atoms with E-state index in [0.29, 0.717) is 11.7 Å². The van der Waals surface area contributed by atoms with E-state index in [1.165, 1.54) is 5.56 Å². The molecule has 0 amide bonds. The Bertz CT molecular complexity index is 457. The lowest BCUT2D eigenvalue weighted by atomic mass is 9.73. The van der Waals surface area contributed by atoms with Gasteiger partial charge in [-0.3, -0.25) is 4.79 Å². The Hall–Kier alpha value is -1.55. The van der Waals surface area contributed by atoms with Crippen LogP contribution in [0.1, 0.15) is 58.9 Å². The molecule has 1 aromatic rings. The summed E-state index contributed by atoms with van der Waals surface area (Å²) < 4.78 is 0. The number of hydrogen-bond acceptors (Lipinski definition) is 3. The van der Waals surface area contributed by atoms with Crippen molar-refractivity contribution in [2.75, 3.05) is 0 Å². The largest absolute Gasteiger partial charge is 0.508 e. The topological polar surface area (TPSA) is 69.6 Å². The van der Waals surface area contributed by atoms with Crippen molar-refractivity contribution in [3.63, 3.8) is 0 Å². The van der Waals surface area contributed by atoms with Gasteiger partial charge in [0.1, 0.15) is 5.75 Å². The second-order valence-electron chi connectivity index (χ2n) is 7.11. The standard InChI is InChI=1S/C15H23NO.C2H4O2/c1-14(2)9-12(10-15(3,4)16-14)11-5-7-13(17)8-6-11;1-2(3)4/h5-8,12,16-17H,9-10H2,1-4H3;1H3,(H,3,4). The highest BCUT2D eigenvalue weighted by molar-refractivity contribution is 5.62. The van der Waals surface area contributed by atoms with E-state index in [9.17, 15) is 5.11 Å². The molecule has 2 rings (SSSR count). The Morgan fingerprint density at radius 3 is 1.86 bits per heavy atom. The number of phenols is 1. The molecular formula is C17H27NO3. The molecule has 0 aliphatic carbocycles. The van der Waals surface area contributed by atoms with Crippen molar-refractivity contribution in [3.8, 4) is 5.75 Å². The van der Waals surface area contributed by atoms with E-state index in [2.05, 4.69) is 45.1 Å². The van der Waals surface area contributed by atoms with Crippen molar-refractivity contribution in [1.82, 2.24) is 5.32 Å². The fourth-order valence-electron chi connectivity index (χ4n) is 3.30. The monoisotopic (exact) mass is 293 g/mol. The van der Waals surface area contributed by atoms with Gasteiger partial charge in [-0.25, -0.2) is 0 Å². The fraction of sp³-hybridized carbons (Fsp3) is 0.588. The molecule has 118 valence electrons. The van der Waals surface area contributed by atoms with Crippen LogP contribution in [0, 0.1) is 0 Å². The zero-order valence-corrected chi connectivity index (χ0v) is 13.6. The van der Waals surface area contributed by atoms with Crippen LogP contribution in [0.15, 0.2) is 24.3 Å². The lowest BCUT2D eigenvalue weighted by Crippen LogP contribution is -2.57. The number of carboxylic acid groups (broad SMARTS) is 1. The fourth-order valence-corrected chi connectivity index (χ4v) is 3.30. The van der Waals surface area contributed by atoms with Gasteiger partial charge >= 0.3 is 0 Å². The van der Waals surface area contributed by atoms with Gasteiger partial charge in [0.2, 0.25) is 0 Å². The van der Waals surface area contributed by atoms with Crippen LogP contribution >= 0.6 is 0 Å². The van der Waals surface area contributed by atoms with Crippen LogP contribution in [-0.4, -0.2) is 27.3 Å². The van der Waals surface area contributed by atoms with Gasteiger partial charge in [0.05, 0.1) is 0 Å². The predicted octanol–water partition coefficient (Wildman–Crippen LogP) is 3.51. The van der Waals surface area contributed by atoms with E-state index in [1.54, 1.807) is 12.1 Å². The summed E-state index contributed by atoms with van der Waals surface area (Å²) in [5.41, 5.74) is 1.68. The Kier molecular flexibility index (Phi) is 5.40. The number of hydrogen-bond donors (Lipinski definition) is 3. The van der Waals surface area contributed by atoms with Crippen LogP contribution in [0.2, 0.25) is 0 Å². The highest BCUT2D eigenvalue weighted by atomic mass is 16.4. The third-order valence-corrected chi connectivity index (χ3v) is 3.55. The number of rotatable bonds is 1. The number of carbonyl (C=O) groups is 1. The second kappa shape index (κ2) is 6.48. The molecule has 0 radical (unpaired) electrons. The van der Waals surface area contributed by atoms with E-state index in [0.717, 1.165) is 19.8 Å². The van der Waals surface area contributed by atoms with E-state index in [4.69, 9.17) is 9.90 Å². The number of aliphatic carboxylic acids is 1. The first-order valence-corrected chi connectivity index (χ1v) is 7.28. The molecule has 3 N–H and O–H groups in total. The average molecular weight is 293 g/mol. The molecule has 1 saturated heterocycles. The van der Waals surface area contributed by atoms with Crippen molar-refractivity contribution in [2.24, 2.45) is 0 Å². The van der Waals surface area contributed by atoms with E-state index in [1.807, 2.05) is 0 Å². The highest BCUT2D eigenvalue weighted by Gasteiger charge is 2.37. The first-order chi connectivity index (χ1) is 9.51. The van der Waals surface area contributed by atoms with Gasteiger partial charge < -0.3 is 15.5 Å². The smallest absolute Gasteiger partial charge is 0.300 e. The van der Waals surface area contributed by atoms with Crippen molar-refractivity contribution in [1.29, 1.82) is 0 Å². The van der Waals surface area contributed by atoms with Gasteiger partial charge in [0.15, 0.2) is 0 Å². The number of benzene rings is 1. The molecule has 0 saturated carbocycles. The lowest BCUT2D eigenvalue weighted by molar-refractivity contribution is -0.134. The minimum Gasteiger partial charge on any atom is -0.508 e. The summed E-state index contributed by atoms with van der Waals surface area (Å²) in [4.78, 5) is 9.00. The minimum atomic E-state index is -0.833. The van der Waals surface area contributed by atoms with E-state index >= 15 is 0 Å². The van der Waals surface area contributed by atoms with Gasteiger partial charge in [-0.1, -0.05) is 12.1 Å². The molecule has 0 bridgehead atoms. The maximum Gasteiger partial charge on any atom is 0.300 e. The lowest BCUT2D eigenvalue weighted by Gasteiger charge is -2.46. The normalized spacial score (nSPS) is 20.2. The van der Waals surface area contributed by atoms with Gasteiger partial charge in [-0.15, -0.1) is 0 Å². The van der Waals surface area contributed by atoms with Crippen LogP contribution in [0.4, 0.5) is 0 Å². The number of nitrogens with one attached hydrogen (secondary N) is 1. The highest BCUT2D eigenvalue weighted by Crippen LogP contribution is 2.39. The van der Waals surface area contributed by atoms with Crippen molar-refractivity contribution in [2.45, 2.75) is 64.5 Å². The number of aromatic hydroxyl groups is 1. The Morgan fingerprint density at radius 1 is 1.10 bits per heavy atom. The molecule has 1 aliphatic rings. The zero-order valence-electron chi connectivity index (χ0n) is 13.6. The molecule has 1 heterocycles. The summed E-state index contributed by atoms with van der Waals surface area (Å²) >= 11 is 0. The Balaban J connectivity index is 0.000000491. The predicted molar refractivity (Wildman–Crippen MR) is 84.7 cm³/mol. The molecule has 0 unspecified atom stereocenters. The maximum absolute atomic E-state index is 9.35. The molecule has 0 atom stereocenters. The summed E-state index contributed by atoms with van der Waals surface area (Å²) in [7, 11) is 0. The third kappa shape index (κ3) is 6.17. The molecule has 0 aromatic heterocycles.